The van der Waals surface area contributed by atoms with Crippen LogP contribution in [0.25, 0.3) is 0 Å². The SMILES string of the molecule is CC1=CC=C(Oc2ccc(C)c(C)c2)[C@H](C)C1. The van der Waals surface area contributed by atoms with Crippen LogP contribution in [0.5, 0.6) is 5.75 Å². The van der Waals surface area contributed by atoms with Crippen molar-refractivity contribution in [2.75, 3.05) is 0 Å². The maximum Gasteiger partial charge on any atom is 0.127 e. The van der Waals surface area contributed by atoms with E-state index in [9.17, 15) is 0 Å². The highest BCUT2D eigenvalue weighted by atomic mass is 16.5. The van der Waals surface area contributed by atoms with Gasteiger partial charge < -0.3 is 4.74 Å². The molecule has 1 atom stereocenters. The zero-order valence-electron chi connectivity index (χ0n) is 11.1. The van der Waals surface area contributed by atoms with Crippen LogP contribution < -0.4 is 4.74 Å². The first-order valence-electron chi connectivity index (χ1n) is 6.18. The van der Waals surface area contributed by atoms with E-state index in [2.05, 4.69) is 52.0 Å². The van der Waals surface area contributed by atoms with Crippen LogP contribution in [-0.2, 0) is 0 Å². The molecule has 0 bridgehead atoms. The van der Waals surface area contributed by atoms with E-state index in [-0.39, 0.29) is 0 Å². The van der Waals surface area contributed by atoms with E-state index in [4.69, 9.17) is 4.74 Å². The highest BCUT2D eigenvalue weighted by Crippen LogP contribution is 2.28. The summed E-state index contributed by atoms with van der Waals surface area (Å²) >= 11 is 0. The first-order valence-corrected chi connectivity index (χ1v) is 6.18. The molecule has 1 heteroatoms. The van der Waals surface area contributed by atoms with E-state index in [0.29, 0.717) is 5.92 Å². The molecule has 0 unspecified atom stereocenters. The number of allylic oxidation sites excluding steroid dienone is 4. The molecule has 90 valence electrons. The van der Waals surface area contributed by atoms with Gasteiger partial charge in [-0.3, -0.25) is 0 Å². The van der Waals surface area contributed by atoms with Gasteiger partial charge in [0.15, 0.2) is 0 Å². The van der Waals surface area contributed by atoms with Crippen LogP contribution in [0.1, 0.15) is 31.4 Å². The second kappa shape index (κ2) is 4.79. The van der Waals surface area contributed by atoms with Crippen molar-refractivity contribution >= 4 is 0 Å². The van der Waals surface area contributed by atoms with E-state index >= 15 is 0 Å². The molecule has 0 saturated heterocycles. The van der Waals surface area contributed by atoms with Crippen molar-refractivity contribution in [2.45, 2.75) is 34.1 Å². The van der Waals surface area contributed by atoms with Gasteiger partial charge in [0.2, 0.25) is 0 Å². The summed E-state index contributed by atoms with van der Waals surface area (Å²) in [5, 5.41) is 0. The largest absolute Gasteiger partial charge is 0.461 e. The number of rotatable bonds is 2. The Morgan fingerprint density at radius 1 is 1.06 bits per heavy atom. The van der Waals surface area contributed by atoms with Crippen molar-refractivity contribution in [1.29, 1.82) is 0 Å². The van der Waals surface area contributed by atoms with Crippen LogP contribution in [0.15, 0.2) is 41.7 Å². The molecule has 0 amide bonds. The van der Waals surface area contributed by atoms with Gasteiger partial charge in [0.25, 0.3) is 0 Å². The standard InChI is InChI=1S/C16H20O/c1-11-5-8-16(14(4)9-11)17-15-7-6-12(2)13(3)10-15/h5-8,10,14H,9H2,1-4H3/t14-/m1/s1. The first-order chi connectivity index (χ1) is 8.06. The summed E-state index contributed by atoms with van der Waals surface area (Å²) in [6, 6.07) is 6.26. The molecule has 0 fully saturated rings. The van der Waals surface area contributed by atoms with Crippen LogP contribution in [0.4, 0.5) is 0 Å². The van der Waals surface area contributed by atoms with Crippen LogP contribution in [0.3, 0.4) is 0 Å². The maximum atomic E-state index is 5.97. The van der Waals surface area contributed by atoms with Gasteiger partial charge in [-0.2, -0.15) is 0 Å². The molecule has 1 aromatic carbocycles. The maximum absolute atomic E-state index is 5.97. The Balaban J connectivity index is 2.18. The monoisotopic (exact) mass is 228 g/mol. The van der Waals surface area contributed by atoms with Crippen molar-refractivity contribution in [1.82, 2.24) is 0 Å². The number of hydrogen-bond acceptors (Lipinski definition) is 1. The minimum Gasteiger partial charge on any atom is -0.461 e. The lowest BCUT2D eigenvalue weighted by Crippen LogP contribution is -2.09. The van der Waals surface area contributed by atoms with Crippen LogP contribution >= 0.6 is 0 Å². The van der Waals surface area contributed by atoms with Crippen LogP contribution in [0, 0.1) is 19.8 Å². The fourth-order valence-corrected chi connectivity index (χ4v) is 2.09. The fraction of sp³-hybridized carbons (Fsp3) is 0.375. The normalized spacial score (nSPS) is 19.6. The van der Waals surface area contributed by atoms with Crippen molar-refractivity contribution in [3.63, 3.8) is 0 Å². The summed E-state index contributed by atoms with van der Waals surface area (Å²) in [6.07, 6.45) is 5.34. The lowest BCUT2D eigenvalue weighted by molar-refractivity contribution is 0.352. The van der Waals surface area contributed by atoms with Gasteiger partial charge in [-0.15, -0.1) is 0 Å². The Kier molecular flexibility index (Phi) is 3.37. The summed E-state index contributed by atoms with van der Waals surface area (Å²) in [5.74, 6) is 2.49. The van der Waals surface area contributed by atoms with Gasteiger partial charge in [-0.1, -0.05) is 24.6 Å². The molecule has 0 heterocycles. The minimum absolute atomic E-state index is 0.474. The highest BCUT2D eigenvalue weighted by Gasteiger charge is 2.15. The molecule has 1 aromatic rings. The Labute approximate surface area is 104 Å². The third kappa shape index (κ3) is 2.79. The summed E-state index contributed by atoms with van der Waals surface area (Å²) in [4.78, 5) is 0. The Morgan fingerprint density at radius 2 is 1.82 bits per heavy atom. The molecule has 17 heavy (non-hydrogen) atoms. The van der Waals surface area contributed by atoms with Crippen LogP contribution in [0.2, 0.25) is 0 Å². The number of hydrogen-bond donors (Lipinski definition) is 0. The van der Waals surface area contributed by atoms with Gasteiger partial charge in [0.05, 0.1) is 0 Å². The molecule has 2 rings (SSSR count). The van der Waals surface area contributed by atoms with Crippen LogP contribution in [-0.4, -0.2) is 0 Å². The topological polar surface area (TPSA) is 9.23 Å². The minimum atomic E-state index is 0.474. The Morgan fingerprint density at radius 3 is 2.47 bits per heavy atom. The predicted octanol–water partition coefficient (Wildman–Crippen LogP) is 4.55. The van der Waals surface area contributed by atoms with E-state index in [1.54, 1.807) is 0 Å². The Hall–Kier alpha value is -1.50. The summed E-state index contributed by atoms with van der Waals surface area (Å²) in [5.41, 5.74) is 4.00. The zero-order chi connectivity index (χ0) is 12.4. The van der Waals surface area contributed by atoms with E-state index < -0.39 is 0 Å². The lowest BCUT2D eigenvalue weighted by Gasteiger charge is -2.20. The summed E-state index contributed by atoms with van der Waals surface area (Å²) < 4.78 is 5.97. The van der Waals surface area contributed by atoms with Gasteiger partial charge >= 0.3 is 0 Å². The van der Waals surface area contributed by atoms with Crippen molar-refractivity contribution in [3.8, 4) is 5.75 Å². The van der Waals surface area contributed by atoms with Gasteiger partial charge in [0, 0.05) is 5.92 Å². The zero-order valence-corrected chi connectivity index (χ0v) is 11.1. The third-order valence-corrected chi connectivity index (χ3v) is 3.36. The molecule has 1 aliphatic carbocycles. The van der Waals surface area contributed by atoms with E-state index in [1.165, 1.54) is 16.7 Å². The molecule has 0 aliphatic heterocycles. The molecule has 0 saturated carbocycles. The lowest BCUT2D eigenvalue weighted by atomic mass is 9.95. The molecule has 1 nitrogen and oxygen atoms in total. The van der Waals surface area contributed by atoms with Crippen molar-refractivity contribution < 1.29 is 4.74 Å². The average Bonchev–Trinajstić information content (AvgIpc) is 2.27. The third-order valence-electron chi connectivity index (χ3n) is 3.36. The average molecular weight is 228 g/mol. The Bertz CT molecular complexity index is 480. The second-order valence-corrected chi connectivity index (χ2v) is 5.04. The molecule has 1 aliphatic rings. The quantitative estimate of drug-likeness (QED) is 0.721. The number of ether oxygens (including phenoxy) is 1. The molecular formula is C16H20O. The number of benzene rings is 1. The highest BCUT2D eigenvalue weighted by molar-refractivity contribution is 5.35. The first kappa shape index (κ1) is 12.0. The van der Waals surface area contributed by atoms with Gasteiger partial charge in [-0.05, 0) is 56.5 Å². The molecule has 0 radical (unpaired) electrons. The van der Waals surface area contributed by atoms with Crippen molar-refractivity contribution in [3.05, 3.63) is 52.8 Å². The molecular weight excluding hydrogens is 208 g/mol. The molecule has 0 spiro atoms. The van der Waals surface area contributed by atoms with Gasteiger partial charge in [-0.25, -0.2) is 0 Å². The molecule has 0 aromatic heterocycles. The summed E-state index contributed by atoms with van der Waals surface area (Å²) in [6.45, 7) is 8.61. The smallest absolute Gasteiger partial charge is 0.127 e. The molecule has 0 N–H and O–H groups in total. The second-order valence-electron chi connectivity index (χ2n) is 5.04. The van der Waals surface area contributed by atoms with Crippen molar-refractivity contribution in [2.24, 2.45) is 5.92 Å². The number of aryl methyl sites for hydroxylation is 2. The van der Waals surface area contributed by atoms with E-state index in [0.717, 1.165) is 17.9 Å². The summed E-state index contributed by atoms with van der Waals surface area (Å²) in [7, 11) is 0. The fourth-order valence-electron chi connectivity index (χ4n) is 2.09. The predicted molar refractivity (Wildman–Crippen MR) is 72.2 cm³/mol. The van der Waals surface area contributed by atoms with E-state index in [1.807, 2.05) is 6.07 Å². The van der Waals surface area contributed by atoms with Gasteiger partial charge in [0.1, 0.15) is 11.5 Å².